The van der Waals surface area contributed by atoms with Gasteiger partial charge >= 0.3 is 0 Å². The number of carbonyl (C=O) groups excluding carboxylic acids is 1. The topological polar surface area (TPSA) is 93.5 Å². The molecule has 1 aromatic heterocycles. The van der Waals surface area contributed by atoms with Gasteiger partial charge in [-0.1, -0.05) is 0 Å². The van der Waals surface area contributed by atoms with Crippen LogP contribution in [0.5, 0.6) is 17.2 Å². The lowest BCUT2D eigenvalue weighted by atomic mass is 10.1. The summed E-state index contributed by atoms with van der Waals surface area (Å²) in [6, 6.07) is 3.61. The number of hydrogen-bond acceptors (Lipinski definition) is 6. The van der Waals surface area contributed by atoms with E-state index >= 15 is 0 Å². The minimum atomic E-state index is -0.00296. The number of benzene rings is 1. The molecule has 30 heavy (non-hydrogen) atoms. The van der Waals surface area contributed by atoms with E-state index in [1.54, 1.807) is 56.3 Å². The second-order valence-corrected chi connectivity index (χ2v) is 6.75. The van der Waals surface area contributed by atoms with Crippen LogP contribution in [0, 0.1) is 0 Å². The fourth-order valence-corrected chi connectivity index (χ4v) is 3.43. The number of aromatic nitrogens is 2. The van der Waals surface area contributed by atoms with Gasteiger partial charge in [0.05, 0.1) is 45.3 Å². The molecule has 3 rings (SSSR count). The predicted molar refractivity (Wildman–Crippen MR) is 113 cm³/mol. The van der Waals surface area contributed by atoms with Gasteiger partial charge in [-0.3, -0.25) is 14.5 Å². The maximum absolute atomic E-state index is 12.7. The van der Waals surface area contributed by atoms with E-state index in [2.05, 4.69) is 15.4 Å². The van der Waals surface area contributed by atoms with Crippen LogP contribution in [0.3, 0.4) is 0 Å². The number of rotatable bonds is 6. The Bertz CT molecular complexity index is 901. The number of aliphatic imine (C=N–C) groups is 1. The average Bonchev–Trinajstić information content (AvgIpc) is 3.19. The van der Waals surface area contributed by atoms with Crippen LogP contribution >= 0.6 is 0 Å². The highest BCUT2D eigenvalue weighted by Gasteiger charge is 2.28. The molecule has 0 bridgehead atoms. The summed E-state index contributed by atoms with van der Waals surface area (Å²) in [6.07, 6.45) is 3.53. The van der Waals surface area contributed by atoms with Crippen molar-refractivity contribution in [1.82, 2.24) is 20.0 Å². The van der Waals surface area contributed by atoms with Gasteiger partial charge in [0, 0.05) is 45.5 Å². The van der Waals surface area contributed by atoms with Crippen molar-refractivity contribution in [3.05, 3.63) is 30.1 Å². The average molecular weight is 416 g/mol. The lowest BCUT2D eigenvalue weighted by Crippen LogP contribution is -2.55. The van der Waals surface area contributed by atoms with E-state index in [9.17, 15) is 4.79 Å². The molecule has 1 fully saturated rings. The maximum Gasteiger partial charge on any atom is 0.246 e. The van der Waals surface area contributed by atoms with Gasteiger partial charge in [0.2, 0.25) is 5.91 Å². The van der Waals surface area contributed by atoms with Gasteiger partial charge in [0.1, 0.15) is 23.8 Å². The number of methoxy groups -OCH3 is 3. The molecule has 1 amide bonds. The molecule has 1 aromatic carbocycles. The predicted octanol–water partition coefficient (Wildman–Crippen LogP) is 0.870. The fourth-order valence-electron chi connectivity index (χ4n) is 3.43. The summed E-state index contributed by atoms with van der Waals surface area (Å²) in [7, 11) is 8.32. The standard InChI is InChI=1S/C20H28N6O4/c1-21-20(22-11-16-17(29-4)8-15(28-3)9-18(16)30-5)25-6-7-26(19(27)13-25)14-10-23-24(2)12-14/h8-10,12H,6-7,11,13H2,1-5H3,(H,21,22). The molecule has 0 aliphatic carbocycles. The Balaban J connectivity index is 1.69. The Morgan fingerprint density at radius 1 is 1.17 bits per heavy atom. The van der Waals surface area contributed by atoms with Gasteiger partial charge in [-0.2, -0.15) is 5.10 Å². The zero-order valence-electron chi connectivity index (χ0n) is 18.0. The van der Waals surface area contributed by atoms with Gasteiger partial charge in [0.25, 0.3) is 0 Å². The van der Waals surface area contributed by atoms with Crippen molar-refractivity contribution < 1.29 is 19.0 Å². The summed E-state index contributed by atoms with van der Waals surface area (Å²) in [5.41, 5.74) is 1.64. The summed E-state index contributed by atoms with van der Waals surface area (Å²) in [5.74, 6) is 2.57. The molecule has 1 N–H and O–H groups in total. The number of anilines is 1. The van der Waals surface area contributed by atoms with E-state index in [0.29, 0.717) is 42.8 Å². The van der Waals surface area contributed by atoms with Crippen LogP contribution < -0.4 is 24.4 Å². The van der Waals surface area contributed by atoms with E-state index in [0.717, 1.165) is 11.3 Å². The molecule has 0 atom stereocenters. The molecule has 162 valence electrons. The van der Waals surface area contributed by atoms with E-state index in [-0.39, 0.29) is 12.5 Å². The molecular weight excluding hydrogens is 388 g/mol. The van der Waals surface area contributed by atoms with Crippen molar-refractivity contribution in [2.24, 2.45) is 12.0 Å². The largest absolute Gasteiger partial charge is 0.496 e. The van der Waals surface area contributed by atoms with E-state index < -0.39 is 0 Å². The highest BCUT2D eigenvalue weighted by Crippen LogP contribution is 2.33. The van der Waals surface area contributed by atoms with Crippen molar-refractivity contribution in [2.75, 3.05) is 52.9 Å². The van der Waals surface area contributed by atoms with Gasteiger partial charge in [-0.15, -0.1) is 0 Å². The maximum atomic E-state index is 12.7. The molecule has 1 saturated heterocycles. The Kier molecular flexibility index (Phi) is 6.65. The van der Waals surface area contributed by atoms with Crippen molar-refractivity contribution >= 4 is 17.6 Å². The van der Waals surface area contributed by atoms with E-state index in [1.165, 1.54) is 0 Å². The van der Waals surface area contributed by atoms with Crippen LogP contribution in [0.2, 0.25) is 0 Å². The second-order valence-electron chi connectivity index (χ2n) is 6.75. The fraction of sp³-hybridized carbons (Fsp3) is 0.450. The zero-order valence-corrected chi connectivity index (χ0v) is 18.0. The molecule has 2 aromatic rings. The molecule has 10 nitrogen and oxygen atoms in total. The minimum Gasteiger partial charge on any atom is -0.496 e. The molecular formula is C20H28N6O4. The zero-order chi connectivity index (χ0) is 21.7. The molecule has 10 heteroatoms. The Morgan fingerprint density at radius 2 is 1.87 bits per heavy atom. The summed E-state index contributed by atoms with van der Waals surface area (Å²) in [5, 5.41) is 7.45. The Labute approximate surface area is 176 Å². The smallest absolute Gasteiger partial charge is 0.246 e. The first-order valence-electron chi connectivity index (χ1n) is 9.54. The molecule has 1 aliphatic rings. The third-order valence-electron chi connectivity index (χ3n) is 4.98. The number of amides is 1. The highest BCUT2D eigenvalue weighted by molar-refractivity contribution is 5.98. The lowest BCUT2D eigenvalue weighted by molar-refractivity contribution is -0.120. The summed E-state index contributed by atoms with van der Waals surface area (Å²) in [6.45, 7) is 1.85. The normalized spacial score (nSPS) is 14.7. The van der Waals surface area contributed by atoms with E-state index in [4.69, 9.17) is 14.2 Å². The molecule has 0 saturated carbocycles. The van der Waals surface area contributed by atoms with Crippen LogP contribution in [0.4, 0.5) is 5.69 Å². The highest BCUT2D eigenvalue weighted by atomic mass is 16.5. The number of piperazine rings is 1. The number of guanidine groups is 1. The summed E-state index contributed by atoms with van der Waals surface area (Å²) >= 11 is 0. The van der Waals surface area contributed by atoms with Gasteiger partial charge in [-0.25, -0.2) is 0 Å². The van der Waals surface area contributed by atoms with E-state index in [1.807, 2.05) is 18.1 Å². The summed E-state index contributed by atoms with van der Waals surface area (Å²) in [4.78, 5) is 20.7. The minimum absolute atomic E-state index is 0.00296. The Hall–Kier alpha value is -3.43. The number of aryl methyl sites for hydroxylation is 1. The molecule has 0 unspecified atom stereocenters. The monoisotopic (exact) mass is 416 g/mol. The van der Waals surface area contributed by atoms with Gasteiger partial charge in [0.15, 0.2) is 5.96 Å². The van der Waals surface area contributed by atoms with Crippen LogP contribution in [0.1, 0.15) is 5.56 Å². The van der Waals surface area contributed by atoms with Crippen LogP contribution in [0.25, 0.3) is 0 Å². The quantitative estimate of drug-likeness (QED) is 0.552. The van der Waals surface area contributed by atoms with Crippen molar-refractivity contribution in [3.63, 3.8) is 0 Å². The van der Waals surface area contributed by atoms with Crippen LogP contribution in [-0.4, -0.2) is 74.6 Å². The molecule has 0 radical (unpaired) electrons. The molecule has 2 heterocycles. The first-order valence-corrected chi connectivity index (χ1v) is 9.54. The number of nitrogens with one attached hydrogen (secondary N) is 1. The van der Waals surface area contributed by atoms with Crippen molar-refractivity contribution in [2.45, 2.75) is 6.54 Å². The number of nitrogens with zero attached hydrogens (tertiary/aromatic N) is 5. The first-order chi connectivity index (χ1) is 14.5. The number of hydrogen-bond donors (Lipinski definition) is 1. The molecule has 0 spiro atoms. The van der Waals surface area contributed by atoms with Crippen molar-refractivity contribution in [1.29, 1.82) is 0 Å². The van der Waals surface area contributed by atoms with Gasteiger partial charge < -0.3 is 29.3 Å². The van der Waals surface area contributed by atoms with Crippen LogP contribution in [0.15, 0.2) is 29.5 Å². The second kappa shape index (κ2) is 9.38. The molecule has 1 aliphatic heterocycles. The van der Waals surface area contributed by atoms with Gasteiger partial charge in [-0.05, 0) is 0 Å². The third-order valence-corrected chi connectivity index (χ3v) is 4.98. The number of carbonyl (C=O) groups is 1. The first kappa shape index (κ1) is 21.3. The SMILES string of the molecule is CN=C(NCc1c(OC)cc(OC)cc1OC)N1CCN(c2cnn(C)c2)C(=O)C1. The lowest BCUT2D eigenvalue weighted by Gasteiger charge is -2.35. The van der Waals surface area contributed by atoms with Crippen LogP contribution in [-0.2, 0) is 18.4 Å². The number of ether oxygens (including phenoxy) is 3. The Morgan fingerprint density at radius 3 is 2.37 bits per heavy atom. The summed E-state index contributed by atoms with van der Waals surface area (Å²) < 4.78 is 18.0. The van der Waals surface area contributed by atoms with Crippen molar-refractivity contribution in [3.8, 4) is 17.2 Å². The third kappa shape index (κ3) is 4.42.